The van der Waals surface area contributed by atoms with Crippen molar-refractivity contribution >= 4 is 28.8 Å². The summed E-state index contributed by atoms with van der Waals surface area (Å²) in [6.45, 7) is 1.79. The van der Waals surface area contributed by atoms with Gasteiger partial charge in [0.15, 0.2) is 0 Å². The van der Waals surface area contributed by atoms with Gasteiger partial charge in [0.25, 0.3) is 0 Å². The Morgan fingerprint density at radius 2 is 1.68 bits per heavy atom. The molecule has 7 rings (SSSR count). The Morgan fingerprint density at radius 3 is 2.43 bits per heavy atom. The largest absolute Gasteiger partial charge is 0.394 e. The second-order valence-corrected chi connectivity index (χ2v) is 12.1. The molecular formula is C33H34N6O5. The van der Waals surface area contributed by atoms with Crippen LogP contribution in [0.4, 0.5) is 0 Å². The van der Waals surface area contributed by atoms with Crippen molar-refractivity contribution in [3.63, 3.8) is 0 Å². The average molecular weight is 595 g/mol. The quantitative estimate of drug-likeness (QED) is 0.270. The van der Waals surface area contributed by atoms with Crippen molar-refractivity contribution < 1.29 is 24.2 Å². The number of benzene rings is 3. The number of amides is 3. The van der Waals surface area contributed by atoms with E-state index in [2.05, 4.69) is 20.9 Å². The zero-order valence-electron chi connectivity index (χ0n) is 24.3. The van der Waals surface area contributed by atoms with Gasteiger partial charge in [-0.25, -0.2) is 4.68 Å². The van der Waals surface area contributed by atoms with Crippen LogP contribution < -0.4 is 10.6 Å². The number of ether oxygens (including phenoxy) is 1. The summed E-state index contributed by atoms with van der Waals surface area (Å²) in [6, 6.07) is 24.2. The summed E-state index contributed by atoms with van der Waals surface area (Å²) in [7, 11) is 0. The van der Waals surface area contributed by atoms with E-state index in [9.17, 15) is 19.5 Å². The summed E-state index contributed by atoms with van der Waals surface area (Å²) in [4.78, 5) is 44.1. The molecule has 11 heteroatoms. The molecule has 3 N–H and O–H groups in total. The molecule has 0 radical (unpaired) electrons. The lowest BCUT2D eigenvalue weighted by Gasteiger charge is -2.37. The summed E-state index contributed by atoms with van der Waals surface area (Å²) in [5.41, 5.74) is 0.906. The highest BCUT2D eigenvalue weighted by Crippen LogP contribution is 2.64. The Kier molecular flexibility index (Phi) is 6.94. The van der Waals surface area contributed by atoms with Crippen molar-refractivity contribution in [1.29, 1.82) is 0 Å². The zero-order valence-corrected chi connectivity index (χ0v) is 24.3. The molecule has 2 bridgehead atoms. The van der Waals surface area contributed by atoms with Crippen LogP contribution in [0.2, 0.25) is 0 Å². The van der Waals surface area contributed by atoms with E-state index < -0.39 is 47.6 Å². The zero-order chi connectivity index (χ0) is 30.5. The lowest BCUT2D eigenvalue weighted by molar-refractivity contribution is -0.150. The summed E-state index contributed by atoms with van der Waals surface area (Å²) >= 11 is 0. The van der Waals surface area contributed by atoms with Crippen LogP contribution in [0.5, 0.6) is 0 Å². The number of fused-ring (bicyclic) bond motifs is 2. The minimum atomic E-state index is -1.24. The normalized spacial score (nSPS) is 27.8. The number of rotatable bonds is 9. The molecule has 3 fully saturated rings. The molecule has 3 aliphatic rings. The minimum Gasteiger partial charge on any atom is -0.394 e. The molecule has 2 unspecified atom stereocenters. The first-order chi connectivity index (χ1) is 21.4. The van der Waals surface area contributed by atoms with Crippen molar-refractivity contribution in [2.24, 2.45) is 11.8 Å². The highest BCUT2D eigenvalue weighted by atomic mass is 16.5. The Hall–Kier alpha value is -4.61. The third-order valence-corrected chi connectivity index (χ3v) is 9.57. The van der Waals surface area contributed by atoms with Crippen LogP contribution in [0.15, 0.2) is 84.9 Å². The molecule has 3 aromatic carbocycles. The summed E-state index contributed by atoms with van der Waals surface area (Å²) in [6.07, 6.45) is 0.941. The van der Waals surface area contributed by atoms with Gasteiger partial charge >= 0.3 is 0 Å². The predicted molar refractivity (Wildman–Crippen MR) is 159 cm³/mol. The maximum atomic E-state index is 14.5. The molecule has 1 spiro atoms. The molecule has 226 valence electrons. The maximum absolute atomic E-state index is 14.5. The predicted octanol–water partition coefficient (Wildman–Crippen LogP) is 2.32. The lowest BCUT2D eigenvalue weighted by atomic mass is 9.66. The molecule has 4 heterocycles. The number of para-hydroxylation sites is 1. The van der Waals surface area contributed by atoms with Gasteiger partial charge in [-0.3, -0.25) is 14.4 Å². The van der Waals surface area contributed by atoms with E-state index in [0.29, 0.717) is 30.5 Å². The van der Waals surface area contributed by atoms with E-state index in [4.69, 9.17) is 4.74 Å². The van der Waals surface area contributed by atoms with Crippen molar-refractivity contribution in [2.75, 3.05) is 6.61 Å². The van der Waals surface area contributed by atoms with Crippen molar-refractivity contribution in [3.8, 4) is 0 Å². The number of hydrogen-bond acceptors (Lipinski definition) is 7. The van der Waals surface area contributed by atoms with Gasteiger partial charge in [0.05, 0.1) is 35.6 Å². The first kappa shape index (κ1) is 28.2. The van der Waals surface area contributed by atoms with E-state index in [-0.39, 0.29) is 18.5 Å². The molecule has 0 saturated carbocycles. The third-order valence-electron chi connectivity index (χ3n) is 9.57. The summed E-state index contributed by atoms with van der Waals surface area (Å²) < 4.78 is 8.31. The summed E-state index contributed by atoms with van der Waals surface area (Å²) in [5.74, 6) is -2.79. The van der Waals surface area contributed by atoms with Gasteiger partial charge in [-0.15, -0.1) is 5.10 Å². The lowest BCUT2D eigenvalue weighted by Crippen LogP contribution is -2.56. The smallest absolute Gasteiger partial charge is 0.247 e. The van der Waals surface area contributed by atoms with E-state index >= 15 is 0 Å². The third kappa shape index (κ3) is 4.37. The second kappa shape index (κ2) is 10.8. The number of aliphatic hydroxyl groups excluding tert-OH is 1. The SMILES string of the molecule is C[C@@]12CCC3(O1)C(C(=O)NCn1nnc4ccccc41)N([C@H](CO)c1ccccc1)C(=O)[C@@H]3[C@@H]2C(=O)NCc1ccccc1. The van der Waals surface area contributed by atoms with Gasteiger partial charge in [0.1, 0.15) is 23.8 Å². The first-order valence-corrected chi connectivity index (χ1v) is 14.9. The molecule has 3 aliphatic heterocycles. The van der Waals surface area contributed by atoms with Crippen LogP contribution in [0.25, 0.3) is 11.0 Å². The van der Waals surface area contributed by atoms with Gasteiger partial charge in [-0.05, 0) is 43.0 Å². The van der Waals surface area contributed by atoms with Gasteiger partial charge < -0.3 is 25.4 Å². The number of nitrogens with zero attached hydrogens (tertiary/aromatic N) is 4. The number of likely N-dealkylation sites (tertiary alicyclic amines) is 1. The number of nitrogens with one attached hydrogen (secondary N) is 2. The van der Waals surface area contributed by atoms with Gasteiger partial charge in [0, 0.05) is 6.54 Å². The Balaban J connectivity index is 1.24. The van der Waals surface area contributed by atoms with Crippen molar-refractivity contribution in [2.45, 2.75) is 56.3 Å². The van der Waals surface area contributed by atoms with E-state index in [1.807, 2.05) is 91.9 Å². The standard InChI is InChI=1S/C33H34N6O5/c1-32-16-17-33(44-32)27(26(32)29(41)34-18-21-10-4-2-5-11-21)31(43)39(25(19-40)22-12-6-3-7-13-22)28(33)30(42)35-20-38-24-15-9-8-14-23(24)36-37-38/h2-15,25-28,40H,16-20H2,1H3,(H,34,41)(H,35,42)/t25-,26-,27+,28?,32+,33?/m1/s1. The maximum Gasteiger partial charge on any atom is 0.247 e. The molecule has 6 atom stereocenters. The van der Waals surface area contributed by atoms with Crippen LogP contribution in [-0.2, 0) is 32.3 Å². The van der Waals surface area contributed by atoms with Gasteiger partial charge in [-0.2, -0.15) is 0 Å². The molecular weight excluding hydrogens is 560 g/mol. The van der Waals surface area contributed by atoms with E-state index in [1.54, 1.807) is 4.68 Å². The topological polar surface area (TPSA) is 139 Å². The Labute approximate surface area is 254 Å². The summed E-state index contributed by atoms with van der Waals surface area (Å²) in [5, 5.41) is 25.0. The first-order valence-electron chi connectivity index (χ1n) is 14.9. The fourth-order valence-corrected chi connectivity index (χ4v) is 7.61. The van der Waals surface area contributed by atoms with Crippen molar-refractivity contribution in [3.05, 3.63) is 96.1 Å². The molecule has 4 aromatic rings. The van der Waals surface area contributed by atoms with E-state index in [0.717, 1.165) is 11.1 Å². The fourth-order valence-electron chi connectivity index (χ4n) is 7.61. The molecule has 1 aromatic heterocycles. The fraction of sp³-hybridized carbons (Fsp3) is 0.364. The number of aliphatic hydroxyl groups is 1. The Morgan fingerprint density at radius 1 is 0.977 bits per heavy atom. The molecule has 0 aliphatic carbocycles. The molecule has 44 heavy (non-hydrogen) atoms. The van der Waals surface area contributed by atoms with Gasteiger partial charge in [-0.1, -0.05) is 78.0 Å². The molecule has 11 nitrogen and oxygen atoms in total. The Bertz CT molecular complexity index is 1710. The molecule has 3 amide bonds. The van der Waals surface area contributed by atoms with Crippen LogP contribution >= 0.6 is 0 Å². The van der Waals surface area contributed by atoms with E-state index in [1.165, 1.54) is 4.90 Å². The number of carbonyl (C=O) groups excluding carboxylic acids is 3. The highest BCUT2D eigenvalue weighted by Gasteiger charge is 2.78. The monoisotopic (exact) mass is 594 g/mol. The minimum absolute atomic E-state index is 0.0199. The average Bonchev–Trinajstić information content (AvgIpc) is 3.76. The van der Waals surface area contributed by atoms with Gasteiger partial charge in [0.2, 0.25) is 17.7 Å². The number of aromatic nitrogens is 3. The van der Waals surface area contributed by atoms with Crippen LogP contribution in [0.1, 0.15) is 36.9 Å². The van der Waals surface area contributed by atoms with Crippen LogP contribution in [0.3, 0.4) is 0 Å². The second-order valence-electron chi connectivity index (χ2n) is 12.1. The number of hydrogen-bond donors (Lipinski definition) is 3. The van der Waals surface area contributed by atoms with Crippen LogP contribution in [-0.4, -0.2) is 66.6 Å². The van der Waals surface area contributed by atoms with Crippen molar-refractivity contribution in [1.82, 2.24) is 30.5 Å². The number of carbonyl (C=O) groups is 3. The highest BCUT2D eigenvalue weighted by molar-refractivity contribution is 5.99. The molecule has 3 saturated heterocycles. The van der Waals surface area contributed by atoms with Crippen LogP contribution in [0, 0.1) is 11.8 Å².